The summed E-state index contributed by atoms with van der Waals surface area (Å²) < 4.78 is 0. The van der Waals surface area contributed by atoms with Crippen LogP contribution in [0.25, 0.3) is 0 Å². The molecule has 0 unspecified atom stereocenters. The van der Waals surface area contributed by atoms with Gasteiger partial charge in [-0.1, -0.05) is 39.2 Å². The van der Waals surface area contributed by atoms with Crippen LogP contribution < -0.4 is 5.32 Å². The number of aromatic nitrogens is 1. The Hall–Kier alpha value is -1.58. The lowest BCUT2D eigenvalue weighted by Crippen LogP contribution is -2.44. The van der Waals surface area contributed by atoms with Crippen LogP contribution in [0.1, 0.15) is 57.6 Å². The van der Waals surface area contributed by atoms with Crippen LogP contribution in [-0.2, 0) is 0 Å². The van der Waals surface area contributed by atoms with Gasteiger partial charge in [-0.25, -0.2) is 4.79 Å². The molecule has 1 aromatic rings. The third-order valence-electron chi connectivity index (χ3n) is 4.13. The Morgan fingerprint density at radius 1 is 1.19 bits per heavy atom. The smallest absolute Gasteiger partial charge is 0.317 e. The van der Waals surface area contributed by atoms with E-state index < -0.39 is 0 Å². The van der Waals surface area contributed by atoms with Gasteiger partial charge in [-0.05, 0) is 30.4 Å². The first-order valence-electron chi connectivity index (χ1n) is 8.14. The number of hydrogen-bond donors (Lipinski definition) is 1. The molecule has 2 heterocycles. The number of nitrogens with one attached hydrogen (secondary N) is 1. The van der Waals surface area contributed by atoms with E-state index >= 15 is 0 Å². The highest BCUT2D eigenvalue weighted by molar-refractivity contribution is 5.74. The minimum Gasteiger partial charge on any atom is -0.331 e. The molecule has 1 saturated heterocycles. The third kappa shape index (κ3) is 4.73. The molecule has 0 bridgehead atoms. The maximum absolute atomic E-state index is 12.5. The number of pyridine rings is 1. The van der Waals surface area contributed by atoms with Gasteiger partial charge in [0.05, 0.1) is 6.04 Å². The Kier molecular flexibility index (Phi) is 6.03. The molecule has 2 rings (SSSR count). The van der Waals surface area contributed by atoms with Crippen LogP contribution in [0.15, 0.2) is 24.5 Å². The molecule has 1 aliphatic rings. The van der Waals surface area contributed by atoms with Crippen LogP contribution in [0.4, 0.5) is 4.79 Å². The zero-order valence-electron chi connectivity index (χ0n) is 13.2. The van der Waals surface area contributed by atoms with Gasteiger partial charge in [-0.15, -0.1) is 0 Å². The minimum absolute atomic E-state index is 0.0247. The monoisotopic (exact) mass is 289 g/mol. The summed E-state index contributed by atoms with van der Waals surface area (Å²) in [5.41, 5.74) is 1.08. The van der Waals surface area contributed by atoms with Crippen molar-refractivity contribution in [3.63, 3.8) is 0 Å². The summed E-state index contributed by atoms with van der Waals surface area (Å²) in [5, 5.41) is 3.20. The molecule has 4 heteroatoms. The van der Waals surface area contributed by atoms with Crippen molar-refractivity contribution in [2.45, 2.75) is 52.0 Å². The number of rotatable bonds is 3. The van der Waals surface area contributed by atoms with E-state index in [2.05, 4.69) is 24.1 Å². The maximum Gasteiger partial charge on any atom is 0.317 e. The van der Waals surface area contributed by atoms with Gasteiger partial charge in [0.25, 0.3) is 0 Å². The minimum atomic E-state index is 0.0247. The molecule has 0 spiro atoms. The predicted octanol–water partition coefficient (Wildman–Crippen LogP) is 3.75. The molecule has 1 N–H and O–H groups in total. The fourth-order valence-electron chi connectivity index (χ4n) is 2.87. The molecular formula is C17H27N3O. The molecule has 21 heavy (non-hydrogen) atoms. The summed E-state index contributed by atoms with van der Waals surface area (Å²) in [7, 11) is 0. The van der Waals surface area contributed by atoms with Crippen molar-refractivity contribution < 1.29 is 4.79 Å². The number of amides is 2. The molecule has 0 aromatic carbocycles. The van der Waals surface area contributed by atoms with Crippen molar-refractivity contribution in [1.82, 2.24) is 15.2 Å². The molecular weight excluding hydrogens is 262 g/mol. The molecule has 1 atom stereocenters. The van der Waals surface area contributed by atoms with Crippen molar-refractivity contribution in [1.29, 1.82) is 0 Å². The first-order chi connectivity index (χ1) is 10.2. The second-order valence-corrected chi connectivity index (χ2v) is 6.21. The molecule has 0 saturated carbocycles. The highest BCUT2D eigenvalue weighted by Crippen LogP contribution is 2.21. The lowest BCUT2D eigenvalue weighted by molar-refractivity contribution is 0.184. The fraction of sp³-hybridized carbons (Fsp3) is 0.647. The normalized spacial score (nSPS) is 18.0. The Balaban J connectivity index is 2.00. The lowest BCUT2D eigenvalue weighted by Gasteiger charge is -2.29. The van der Waals surface area contributed by atoms with Crippen molar-refractivity contribution in [2.75, 3.05) is 13.1 Å². The number of likely N-dealkylation sites (tertiary alicyclic amines) is 1. The van der Waals surface area contributed by atoms with Crippen molar-refractivity contribution in [2.24, 2.45) is 5.92 Å². The Labute approximate surface area is 127 Å². The standard InChI is InChI=1S/C17H27N3O/c1-14(2)16(15-9-8-10-18-13-15)19-17(21)20-11-6-4-3-5-7-12-20/h8-10,13-14,16H,3-7,11-12H2,1-2H3,(H,19,21)/t16-/m1/s1. The predicted molar refractivity (Wildman–Crippen MR) is 85.0 cm³/mol. The molecule has 2 amide bonds. The average Bonchev–Trinajstić information content (AvgIpc) is 2.44. The molecule has 1 aromatic heterocycles. The van der Waals surface area contributed by atoms with E-state index in [4.69, 9.17) is 0 Å². The maximum atomic E-state index is 12.5. The number of carbonyl (C=O) groups is 1. The van der Waals surface area contributed by atoms with Crippen LogP contribution in [0, 0.1) is 5.92 Å². The van der Waals surface area contributed by atoms with E-state index in [9.17, 15) is 4.79 Å². The summed E-state index contributed by atoms with van der Waals surface area (Å²) in [6, 6.07) is 4.05. The number of nitrogens with zero attached hydrogens (tertiary/aromatic N) is 2. The molecule has 0 aliphatic carbocycles. The Morgan fingerprint density at radius 2 is 1.86 bits per heavy atom. The number of carbonyl (C=O) groups excluding carboxylic acids is 1. The van der Waals surface area contributed by atoms with Crippen molar-refractivity contribution in [3.05, 3.63) is 30.1 Å². The second kappa shape index (κ2) is 8.01. The van der Waals surface area contributed by atoms with E-state index in [1.807, 2.05) is 23.2 Å². The third-order valence-corrected chi connectivity index (χ3v) is 4.13. The summed E-state index contributed by atoms with van der Waals surface area (Å²) in [4.78, 5) is 18.7. The van der Waals surface area contributed by atoms with Crippen LogP contribution in [0.5, 0.6) is 0 Å². The van der Waals surface area contributed by atoms with Gasteiger partial charge in [-0.3, -0.25) is 4.98 Å². The summed E-state index contributed by atoms with van der Waals surface area (Å²) in [5.74, 6) is 0.341. The van der Waals surface area contributed by atoms with Gasteiger partial charge in [0, 0.05) is 25.5 Å². The highest BCUT2D eigenvalue weighted by atomic mass is 16.2. The van der Waals surface area contributed by atoms with Crippen LogP contribution in [-0.4, -0.2) is 29.0 Å². The summed E-state index contributed by atoms with van der Waals surface area (Å²) in [6.45, 7) is 6.02. The topological polar surface area (TPSA) is 45.2 Å². The van der Waals surface area contributed by atoms with Crippen LogP contribution in [0.2, 0.25) is 0 Å². The number of hydrogen-bond acceptors (Lipinski definition) is 2. The van der Waals surface area contributed by atoms with Crippen molar-refractivity contribution >= 4 is 6.03 Å². The zero-order valence-corrected chi connectivity index (χ0v) is 13.2. The van der Waals surface area contributed by atoms with E-state index in [1.54, 1.807) is 6.20 Å². The van der Waals surface area contributed by atoms with E-state index in [1.165, 1.54) is 19.3 Å². The largest absolute Gasteiger partial charge is 0.331 e. The first kappa shape index (κ1) is 15.8. The van der Waals surface area contributed by atoms with Crippen molar-refractivity contribution in [3.8, 4) is 0 Å². The summed E-state index contributed by atoms with van der Waals surface area (Å²) >= 11 is 0. The molecule has 1 aliphatic heterocycles. The summed E-state index contributed by atoms with van der Waals surface area (Å²) in [6.07, 6.45) is 9.62. The van der Waals surface area contributed by atoms with Gasteiger partial charge in [0.15, 0.2) is 0 Å². The van der Waals surface area contributed by atoms with Gasteiger partial charge < -0.3 is 10.2 Å². The highest BCUT2D eigenvalue weighted by Gasteiger charge is 2.22. The van der Waals surface area contributed by atoms with Gasteiger partial charge in [0.2, 0.25) is 0 Å². The van der Waals surface area contributed by atoms with E-state index in [0.29, 0.717) is 5.92 Å². The molecule has 0 radical (unpaired) electrons. The fourth-order valence-corrected chi connectivity index (χ4v) is 2.87. The molecule has 116 valence electrons. The zero-order chi connectivity index (χ0) is 15.1. The first-order valence-corrected chi connectivity index (χ1v) is 8.14. The molecule has 1 fully saturated rings. The Bertz CT molecular complexity index is 425. The number of urea groups is 1. The lowest BCUT2D eigenvalue weighted by atomic mass is 9.97. The molecule has 4 nitrogen and oxygen atoms in total. The van der Waals surface area contributed by atoms with E-state index in [0.717, 1.165) is 31.5 Å². The van der Waals surface area contributed by atoms with Crippen LogP contribution in [0.3, 0.4) is 0 Å². The second-order valence-electron chi connectivity index (χ2n) is 6.21. The quantitative estimate of drug-likeness (QED) is 0.921. The van der Waals surface area contributed by atoms with E-state index in [-0.39, 0.29) is 12.1 Å². The van der Waals surface area contributed by atoms with Gasteiger partial charge in [-0.2, -0.15) is 0 Å². The van der Waals surface area contributed by atoms with Gasteiger partial charge in [0.1, 0.15) is 0 Å². The SMILES string of the molecule is CC(C)[C@@H](NC(=O)N1CCCCCCC1)c1cccnc1. The van der Waals surface area contributed by atoms with Crippen LogP contribution >= 0.6 is 0 Å². The Morgan fingerprint density at radius 3 is 2.43 bits per heavy atom. The average molecular weight is 289 g/mol. The van der Waals surface area contributed by atoms with Gasteiger partial charge >= 0.3 is 6.03 Å².